The minimum absolute atomic E-state index is 0.00611. The molecule has 1 heterocycles. The summed E-state index contributed by atoms with van der Waals surface area (Å²) in [6.07, 6.45) is 28.7. The Labute approximate surface area is 229 Å². The number of hydrogen-bond donors (Lipinski definition) is 0. The Morgan fingerprint density at radius 3 is 1.76 bits per heavy atom. The smallest absolute Gasteiger partial charge is 0.307 e. The molecule has 2 atom stereocenters. The van der Waals surface area contributed by atoms with Crippen LogP contribution in [-0.2, 0) is 14.3 Å². The summed E-state index contributed by atoms with van der Waals surface area (Å²) in [7, 11) is 0. The summed E-state index contributed by atoms with van der Waals surface area (Å²) in [4.78, 5) is 31.1. The third-order valence-electron chi connectivity index (χ3n) is 7.64. The second-order valence-corrected chi connectivity index (χ2v) is 11.2. The van der Waals surface area contributed by atoms with Gasteiger partial charge in [0.2, 0.25) is 5.91 Å². The topological polar surface area (TPSA) is 59.0 Å². The molecule has 0 saturated carbocycles. The lowest BCUT2D eigenvalue weighted by Crippen LogP contribution is -2.46. The molecule has 0 aromatic rings. The number of unbranched alkanes of at least 4 members (excludes halogenated alkanes) is 18. The Morgan fingerprint density at radius 1 is 0.838 bits per heavy atom. The second-order valence-electron chi connectivity index (χ2n) is 11.2. The van der Waals surface area contributed by atoms with Crippen molar-refractivity contribution in [1.82, 2.24) is 4.90 Å². The van der Waals surface area contributed by atoms with Crippen molar-refractivity contribution in [1.29, 1.82) is 0 Å². The van der Waals surface area contributed by atoms with Crippen molar-refractivity contribution in [3.63, 3.8) is 0 Å². The van der Waals surface area contributed by atoms with Gasteiger partial charge in [-0.3, -0.25) is 14.6 Å². The van der Waals surface area contributed by atoms with Gasteiger partial charge in [-0.25, -0.2) is 0 Å². The lowest BCUT2D eigenvalue weighted by molar-refractivity contribution is -0.166. The van der Waals surface area contributed by atoms with E-state index >= 15 is 0 Å². The number of hydrogen-bond acceptors (Lipinski definition) is 4. The molecule has 0 aromatic heterocycles. The van der Waals surface area contributed by atoms with E-state index in [-0.39, 0.29) is 17.8 Å². The van der Waals surface area contributed by atoms with Crippen molar-refractivity contribution in [2.75, 3.05) is 13.1 Å². The van der Waals surface area contributed by atoms with E-state index in [1.807, 2.05) is 13.8 Å². The first-order valence-electron chi connectivity index (χ1n) is 16.1. The Kier molecular flexibility index (Phi) is 21.6. The third-order valence-corrected chi connectivity index (χ3v) is 7.64. The highest BCUT2D eigenvalue weighted by Gasteiger charge is 2.28. The van der Waals surface area contributed by atoms with Crippen molar-refractivity contribution in [3.8, 4) is 0 Å². The van der Waals surface area contributed by atoms with Gasteiger partial charge >= 0.3 is 5.97 Å². The maximum atomic E-state index is 12.7. The molecule has 1 amide bonds. The van der Waals surface area contributed by atoms with Gasteiger partial charge < -0.3 is 9.64 Å². The summed E-state index contributed by atoms with van der Waals surface area (Å²) in [5, 5.41) is 0. The van der Waals surface area contributed by atoms with E-state index in [9.17, 15) is 9.59 Å². The van der Waals surface area contributed by atoms with Gasteiger partial charge in [0, 0.05) is 32.1 Å². The average Bonchev–Trinajstić information content (AvgIpc) is 2.89. The molecule has 1 aliphatic rings. The molecule has 37 heavy (non-hydrogen) atoms. The van der Waals surface area contributed by atoms with Gasteiger partial charge in [0.25, 0.3) is 0 Å². The number of carbonyl (C=O) groups is 2. The fraction of sp³-hybridized carbons (Fsp3) is 0.906. The van der Waals surface area contributed by atoms with Gasteiger partial charge in [-0.2, -0.15) is 0 Å². The molecule has 0 aliphatic carbocycles. The Morgan fingerprint density at radius 2 is 1.30 bits per heavy atom. The zero-order valence-corrected chi connectivity index (χ0v) is 24.8. The molecule has 0 fully saturated rings. The van der Waals surface area contributed by atoms with Crippen molar-refractivity contribution < 1.29 is 14.3 Å². The standard InChI is InChI=1S/C32H60N2O3/c1-4-6-7-8-9-10-11-12-13-14-15-16-17-18-19-20-21-22-23-25-31(35)37-30(5-2)34-27-24-26-33-28-29(3)32(34)36/h28-30H,4-27H2,1-3H3. The maximum absolute atomic E-state index is 12.7. The highest BCUT2D eigenvalue weighted by molar-refractivity contribution is 5.93. The summed E-state index contributed by atoms with van der Waals surface area (Å²) >= 11 is 0. The average molecular weight is 521 g/mol. The van der Waals surface area contributed by atoms with Crippen LogP contribution in [0.3, 0.4) is 0 Å². The normalized spacial score (nSPS) is 17.0. The largest absolute Gasteiger partial charge is 0.441 e. The van der Waals surface area contributed by atoms with Crippen LogP contribution in [0.2, 0.25) is 0 Å². The molecule has 0 spiro atoms. The Hall–Kier alpha value is -1.39. The van der Waals surface area contributed by atoms with Crippen LogP contribution in [0, 0.1) is 5.92 Å². The van der Waals surface area contributed by atoms with Crippen molar-refractivity contribution >= 4 is 18.1 Å². The van der Waals surface area contributed by atoms with Crippen LogP contribution in [0.25, 0.3) is 0 Å². The SMILES string of the molecule is CCCCCCCCCCCCCCCCCCCCCC(=O)OC(CC)N1CCCN=CC(C)C1=O. The van der Waals surface area contributed by atoms with Crippen molar-refractivity contribution in [2.45, 2.75) is 168 Å². The zero-order chi connectivity index (χ0) is 27.0. The second kappa shape index (κ2) is 23.7. The van der Waals surface area contributed by atoms with Crippen LogP contribution in [0.1, 0.15) is 162 Å². The van der Waals surface area contributed by atoms with E-state index in [0.717, 1.165) is 25.8 Å². The molecule has 0 radical (unpaired) electrons. The van der Waals surface area contributed by atoms with E-state index in [4.69, 9.17) is 4.74 Å². The molecular formula is C32H60N2O3. The van der Waals surface area contributed by atoms with Crippen molar-refractivity contribution in [3.05, 3.63) is 0 Å². The fourth-order valence-electron chi connectivity index (χ4n) is 5.21. The number of esters is 1. The third kappa shape index (κ3) is 17.7. The predicted molar refractivity (Wildman–Crippen MR) is 157 cm³/mol. The molecule has 1 aliphatic heterocycles. The van der Waals surface area contributed by atoms with Crippen LogP contribution >= 0.6 is 0 Å². The van der Waals surface area contributed by atoms with Crippen LogP contribution in [0.5, 0.6) is 0 Å². The summed E-state index contributed by atoms with van der Waals surface area (Å²) in [6.45, 7) is 7.44. The van der Waals surface area contributed by atoms with Gasteiger partial charge in [-0.1, -0.05) is 129 Å². The minimum atomic E-state index is -0.450. The number of carbonyl (C=O) groups excluding carboxylic acids is 2. The van der Waals surface area contributed by atoms with Gasteiger partial charge in [0.1, 0.15) is 0 Å². The van der Waals surface area contributed by atoms with Gasteiger partial charge in [-0.15, -0.1) is 0 Å². The van der Waals surface area contributed by atoms with E-state index < -0.39 is 6.23 Å². The number of rotatable bonds is 23. The molecule has 0 saturated heterocycles. The summed E-state index contributed by atoms with van der Waals surface area (Å²) in [5.41, 5.74) is 0. The highest BCUT2D eigenvalue weighted by atomic mass is 16.6. The summed E-state index contributed by atoms with van der Waals surface area (Å²) < 4.78 is 5.71. The first kappa shape index (κ1) is 33.6. The molecule has 1 rings (SSSR count). The Balaban J connectivity index is 1.94. The highest BCUT2D eigenvalue weighted by Crippen LogP contribution is 2.17. The van der Waals surface area contributed by atoms with E-state index in [1.165, 1.54) is 109 Å². The van der Waals surface area contributed by atoms with Crippen LogP contribution in [0.4, 0.5) is 0 Å². The van der Waals surface area contributed by atoms with Gasteiger partial charge in [-0.05, 0) is 19.8 Å². The maximum Gasteiger partial charge on any atom is 0.307 e. The number of nitrogens with zero attached hydrogens (tertiary/aromatic N) is 2. The van der Waals surface area contributed by atoms with E-state index in [2.05, 4.69) is 11.9 Å². The molecule has 0 bridgehead atoms. The molecule has 216 valence electrons. The molecule has 0 aromatic carbocycles. The summed E-state index contributed by atoms with van der Waals surface area (Å²) in [5.74, 6) is -0.422. The lowest BCUT2D eigenvalue weighted by atomic mass is 10.0. The molecule has 2 unspecified atom stereocenters. The van der Waals surface area contributed by atoms with Crippen LogP contribution in [-0.4, -0.2) is 42.3 Å². The monoisotopic (exact) mass is 520 g/mol. The van der Waals surface area contributed by atoms with Crippen LogP contribution < -0.4 is 0 Å². The van der Waals surface area contributed by atoms with E-state index in [1.54, 1.807) is 11.1 Å². The van der Waals surface area contributed by atoms with E-state index in [0.29, 0.717) is 19.4 Å². The molecular weight excluding hydrogens is 460 g/mol. The first-order valence-corrected chi connectivity index (χ1v) is 16.1. The summed E-state index contributed by atoms with van der Waals surface area (Å²) in [6, 6.07) is 0. The lowest BCUT2D eigenvalue weighted by Gasteiger charge is -2.32. The van der Waals surface area contributed by atoms with Gasteiger partial charge in [0.05, 0.1) is 5.92 Å². The minimum Gasteiger partial charge on any atom is -0.441 e. The molecule has 0 N–H and O–H groups in total. The molecule has 5 nitrogen and oxygen atoms in total. The van der Waals surface area contributed by atoms with Gasteiger partial charge in [0.15, 0.2) is 6.23 Å². The fourth-order valence-corrected chi connectivity index (χ4v) is 5.21. The quantitative estimate of drug-likeness (QED) is 0.0997. The first-order chi connectivity index (χ1) is 18.1. The predicted octanol–water partition coefficient (Wildman–Crippen LogP) is 9.03. The Bertz CT molecular complexity index is 593. The number of amides is 1. The number of ether oxygens (including phenoxy) is 1. The molecule has 5 heteroatoms. The van der Waals surface area contributed by atoms with Crippen LogP contribution in [0.15, 0.2) is 4.99 Å². The zero-order valence-electron chi connectivity index (χ0n) is 24.8. The van der Waals surface area contributed by atoms with Crippen molar-refractivity contribution in [2.24, 2.45) is 10.9 Å². The number of aliphatic imine (C=N–C) groups is 1.